The van der Waals surface area contributed by atoms with Gasteiger partial charge in [-0.05, 0) is 69.6 Å². The molecule has 46 heavy (non-hydrogen) atoms. The molecule has 4 rings (SSSR count). The summed E-state index contributed by atoms with van der Waals surface area (Å²) in [5.41, 5.74) is 0.501. The second-order valence-electron chi connectivity index (χ2n) is 12.7. The number of hydrogen-bond acceptors (Lipinski definition) is 9. The third kappa shape index (κ3) is 8.79. The van der Waals surface area contributed by atoms with Crippen LogP contribution in [0.2, 0.25) is 0 Å². The Kier molecular flexibility index (Phi) is 13.0. The minimum atomic E-state index is -0.835. The van der Waals surface area contributed by atoms with Gasteiger partial charge in [0, 0.05) is 42.6 Å². The van der Waals surface area contributed by atoms with Gasteiger partial charge in [-0.3, -0.25) is 19.7 Å². The molecule has 3 heterocycles. The van der Waals surface area contributed by atoms with Crippen LogP contribution in [-0.2, 0) is 44.1 Å². The molecule has 2 fully saturated rings. The first-order valence-corrected chi connectivity index (χ1v) is 16.4. The zero-order valence-electron chi connectivity index (χ0n) is 27.2. The zero-order chi connectivity index (χ0) is 32.9. The van der Waals surface area contributed by atoms with Crippen molar-refractivity contribution >= 4 is 35.0 Å². The topological polar surface area (TPSA) is 141 Å². The number of rotatable bonds is 12. The van der Waals surface area contributed by atoms with Crippen molar-refractivity contribution in [1.29, 1.82) is 0 Å². The average Bonchev–Trinajstić information content (AvgIpc) is 3.80. The van der Waals surface area contributed by atoms with Gasteiger partial charge in [-0.15, -0.1) is 17.9 Å². The minimum Gasteiger partial charge on any atom is -0.508 e. The predicted octanol–water partition coefficient (Wildman–Crippen LogP) is 3.59. The van der Waals surface area contributed by atoms with Crippen LogP contribution in [0.5, 0.6) is 5.75 Å². The second-order valence-corrected chi connectivity index (χ2v) is 13.6. The molecule has 2 aliphatic heterocycles. The van der Waals surface area contributed by atoms with E-state index in [1.54, 1.807) is 45.5 Å². The van der Waals surface area contributed by atoms with Crippen LogP contribution in [0.3, 0.4) is 0 Å². The van der Waals surface area contributed by atoms with Crippen molar-refractivity contribution in [3.8, 4) is 5.75 Å². The van der Waals surface area contributed by atoms with Gasteiger partial charge in [0.25, 0.3) is 0 Å². The number of phenols is 1. The number of carbonyl (C=O) groups excluding carboxylic acids is 4. The molecule has 3 amide bonds. The van der Waals surface area contributed by atoms with Gasteiger partial charge >= 0.3 is 5.97 Å². The summed E-state index contributed by atoms with van der Waals surface area (Å²) < 4.78 is 4.79. The van der Waals surface area contributed by atoms with Crippen molar-refractivity contribution in [1.82, 2.24) is 25.4 Å². The summed E-state index contributed by atoms with van der Waals surface area (Å²) in [6, 6.07) is 4.25. The summed E-state index contributed by atoms with van der Waals surface area (Å²) in [7, 11) is 1.31. The molecule has 0 bridgehead atoms. The summed E-state index contributed by atoms with van der Waals surface area (Å²) in [5, 5.41) is 18.4. The normalized spacial score (nSPS) is 19.3. The number of amides is 3. The molecule has 2 saturated heterocycles. The smallest absolute Gasteiger partial charge is 0.357 e. The molecule has 2 aliphatic rings. The van der Waals surface area contributed by atoms with E-state index in [9.17, 15) is 24.3 Å². The fraction of sp³-hybridized carbons (Fsp3) is 0.545. The van der Waals surface area contributed by atoms with Gasteiger partial charge in [-0.2, -0.15) is 0 Å². The number of carbonyl (C=O) groups is 4. The number of aromatic hydroxyl groups is 1. The number of benzene rings is 1. The van der Waals surface area contributed by atoms with E-state index in [2.05, 4.69) is 22.2 Å². The number of esters is 1. The van der Waals surface area contributed by atoms with Crippen molar-refractivity contribution in [3.05, 3.63) is 58.6 Å². The third-order valence-electron chi connectivity index (χ3n) is 8.54. The maximum absolute atomic E-state index is 14.1. The van der Waals surface area contributed by atoms with E-state index in [1.807, 2.05) is 27.7 Å². The first-order valence-electron chi connectivity index (χ1n) is 15.5. The average molecular weight is 691 g/mol. The number of likely N-dealkylation sites (tertiary alicyclic amines) is 2. The van der Waals surface area contributed by atoms with Crippen LogP contribution in [0.4, 0.5) is 0 Å². The van der Waals surface area contributed by atoms with E-state index < -0.39 is 29.6 Å². The van der Waals surface area contributed by atoms with Gasteiger partial charge in [-0.1, -0.05) is 32.1 Å². The zero-order valence-corrected chi connectivity index (χ0v) is 29.4. The molecule has 249 valence electrons. The monoisotopic (exact) mass is 690 g/mol. The molecule has 0 aliphatic carbocycles. The van der Waals surface area contributed by atoms with Gasteiger partial charge in [0.05, 0.1) is 19.2 Å². The quantitative estimate of drug-likeness (QED) is 0.227. The van der Waals surface area contributed by atoms with Crippen molar-refractivity contribution in [2.75, 3.05) is 20.2 Å². The molecule has 1 aromatic heterocycles. The molecule has 1 radical (unpaired) electrons. The molecule has 0 saturated carbocycles. The summed E-state index contributed by atoms with van der Waals surface area (Å²) in [4.78, 5) is 61.7. The van der Waals surface area contributed by atoms with Crippen molar-refractivity contribution in [2.45, 2.75) is 89.5 Å². The number of ether oxygens (including phenoxy) is 1. The number of nitrogens with zero attached hydrogens (tertiary/aromatic N) is 3. The van der Waals surface area contributed by atoms with Gasteiger partial charge < -0.3 is 25.0 Å². The van der Waals surface area contributed by atoms with Crippen LogP contribution in [0, 0.1) is 5.92 Å². The Morgan fingerprint density at radius 3 is 2.41 bits per heavy atom. The second kappa shape index (κ2) is 16.1. The van der Waals surface area contributed by atoms with E-state index in [4.69, 9.17) is 4.74 Å². The Morgan fingerprint density at radius 1 is 1.13 bits per heavy atom. The molecule has 4 atom stereocenters. The maximum atomic E-state index is 14.1. The van der Waals surface area contributed by atoms with Crippen LogP contribution in [-0.4, -0.2) is 87.4 Å². The molecule has 13 heteroatoms. The van der Waals surface area contributed by atoms with Crippen molar-refractivity contribution < 1.29 is 47.6 Å². The first-order chi connectivity index (χ1) is 21.3. The van der Waals surface area contributed by atoms with E-state index in [1.165, 1.54) is 18.4 Å². The van der Waals surface area contributed by atoms with Gasteiger partial charge in [0.15, 0.2) is 5.69 Å². The summed E-state index contributed by atoms with van der Waals surface area (Å²) in [6.07, 6.45) is 4.80. The van der Waals surface area contributed by atoms with E-state index in [-0.39, 0.29) is 59.7 Å². The fourth-order valence-electron chi connectivity index (χ4n) is 5.94. The molecule has 0 spiro atoms. The number of hydrogen-bond donors (Lipinski definition) is 3. The summed E-state index contributed by atoms with van der Waals surface area (Å²) in [6.45, 7) is 12.4. The molecule has 2 aromatic rings. The Bertz CT molecular complexity index is 1400. The van der Waals surface area contributed by atoms with Gasteiger partial charge in [0.2, 0.25) is 17.7 Å². The van der Waals surface area contributed by atoms with Crippen LogP contribution >= 0.6 is 11.3 Å². The number of phenolic OH excluding ortho intramolecular Hbond substituents is 1. The Morgan fingerprint density at radius 2 is 1.78 bits per heavy atom. The molecule has 1 aromatic carbocycles. The fourth-order valence-corrected chi connectivity index (χ4v) is 6.87. The van der Waals surface area contributed by atoms with E-state index >= 15 is 0 Å². The Labute approximate surface area is 287 Å². The van der Waals surface area contributed by atoms with E-state index in [0.29, 0.717) is 37.4 Å². The molecular formula is C33H45N5O6SV. The van der Waals surface area contributed by atoms with Crippen LogP contribution in [0.25, 0.3) is 0 Å². The number of methoxy groups -OCH3 is 1. The largest absolute Gasteiger partial charge is 0.508 e. The van der Waals surface area contributed by atoms with E-state index in [0.717, 1.165) is 18.4 Å². The Hall–Kier alpha value is -3.19. The Balaban J connectivity index is 0.00000576. The molecule has 4 unspecified atom stereocenters. The SMILES string of the molecule is C=CC(C)(C)NC(Cc1ccc(O)cc1)C(=O)NC(C(=O)N1CCCC1C(=O)N1CCCC1c1nc(C(=O)OC)cs1)C(C)C.[V]. The minimum absolute atomic E-state index is 0. The number of thiazole rings is 1. The first kappa shape index (κ1) is 37.3. The summed E-state index contributed by atoms with van der Waals surface area (Å²) >= 11 is 1.33. The van der Waals surface area contributed by atoms with Crippen LogP contribution < -0.4 is 10.6 Å². The third-order valence-corrected chi connectivity index (χ3v) is 9.48. The summed E-state index contributed by atoms with van der Waals surface area (Å²) in [5.74, 6) is -1.36. The standard InChI is InChI=1S/C33H45N5O6S.V/c1-7-33(4,5)36-23(18-21-12-14-22(39)15-13-21)28(40)35-27(20(2)3)31(42)38-17-9-11-26(38)30(41)37-16-8-10-25(37)29-34-24(19-45-29)32(43)44-6;/h7,12-15,19-20,23,25-27,36,39H,1,8-11,16-18H2,2-6H3,(H,35,40);. The number of aromatic nitrogens is 1. The van der Waals surface area contributed by atoms with Crippen molar-refractivity contribution in [2.24, 2.45) is 5.92 Å². The number of nitrogens with one attached hydrogen (secondary N) is 2. The van der Waals surface area contributed by atoms with Crippen LogP contribution in [0.1, 0.15) is 80.5 Å². The molecule has 11 nitrogen and oxygen atoms in total. The van der Waals surface area contributed by atoms with Crippen LogP contribution in [0.15, 0.2) is 42.3 Å². The van der Waals surface area contributed by atoms with Gasteiger partial charge in [-0.25, -0.2) is 9.78 Å². The predicted molar refractivity (Wildman–Crippen MR) is 172 cm³/mol. The molecular weight excluding hydrogens is 645 g/mol. The maximum Gasteiger partial charge on any atom is 0.357 e. The van der Waals surface area contributed by atoms with Crippen molar-refractivity contribution in [3.63, 3.8) is 0 Å². The molecule has 3 N–H and O–H groups in total. The van der Waals surface area contributed by atoms with Gasteiger partial charge in [0.1, 0.15) is 22.8 Å².